The summed E-state index contributed by atoms with van der Waals surface area (Å²) in [6.45, 7) is 21.4. The summed E-state index contributed by atoms with van der Waals surface area (Å²) in [5.41, 5.74) is -0.445. The summed E-state index contributed by atoms with van der Waals surface area (Å²) < 4.78 is 58.1. The van der Waals surface area contributed by atoms with Gasteiger partial charge in [0.05, 0.1) is 24.2 Å². The van der Waals surface area contributed by atoms with Gasteiger partial charge in [-0.05, 0) is 54.5 Å². The van der Waals surface area contributed by atoms with Crippen LogP contribution < -0.4 is 16.3 Å². The Kier molecular flexibility index (Phi) is 12.5. The molecule has 1 fully saturated rings. The van der Waals surface area contributed by atoms with Gasteiger partial charge in [0.15, 0.2) is 16.6 Å². The Balaban J connectivity index is 1.75. The van der Waals surface area contributed by atoms with Gasteiger partial charge in [-0.15, -0.1) is 0 Å². The first-order valence-corrected chi connectivity index (χ1v) is 22.1. The fourth-order valence-electron chi connectivity index (χ4n) is 4.46. The number of nitro benzene ring substituents is 1. The molecule has 12 nitrogen and oxygen atoms in total. The Morgan fingerprint density at radius 2 is 1.74 bits per heavy atom. The van der Waals surface area contributed by atoms with Crippen LogP contribution in [0, 0.1) is 22.0 Å². The normalized spacial score (nSPS) is 18.7. The number of aromatic nitrogens is 2. The fraction of sp³-hybridized carbons (Fsp3) is 0.606. The lowest BCUT2D eigenvalue weighted by Crippen LogP contribution is -2.48. The minimum Gasteiger partial charge on any atom is -0.414 e. The highest BCUT2D eigenvalue weighted by Crippen LogP contribution is 2.42. The first-order chi connectivity index (χ1) is 22.8. The number of hydrogen-bond donors (Lipinski definition) is 2. The average Bonchev–Trinajstić information content (AvgIpc) is 3.37. The number of anilines is 1. The molecule has 3 atom stereocenters. The van der Waals surface area contributed by atoms with Crippen LogP contribution in [-0.4, -0.2) is 68.6 Å². The van der Waals surface area contributed by atoms with Crippen LogP contribution in [0.25, 0.3) is 0 Å². The van der Waals surface area contributed by atoms with Crippen molar-refractivity contribution in [1.82, 2.24) is 14.9 Å². The molecule has 3 rings (SSSR count). The number of carbonyl (C=O) groups is 1. The molecule has 0 bridgehead atoms. The molecule has 2 aromatic rings. The Morgan fingerprint density at radius 1 is 1.10 bits per heavy atom. The van der Waals surface area contributed by atoms with Gasteiger partial charge in [0.1, 0.15) is 18.1 Å². The van der Waals surface area contributed by atoms with Crippen molar-refractivity contribution >= 4 is 34.0 Å². The zero-order valence-corrected chi connectivity index (χ0v) is 32.3. The van der Waals surface area contributed by atoms with Crippen molar-refractivity contribution in [2.45, 2.75) is 115 Å². The summed E-state index contributed by atoms with van der Waals surface area (Å²) in [5.74, 6) is 2.89. The molecule has 1 aromatic carbocycles. The Morgan fingerprint density at radius 3 is 2.30 bits per heavy atom. The van der Waals surface area contributed by atoms with E-state index in [1.165, 1.54) is 22.8 Å². The number of alkyl halides is 3. The topological polar surface area (TPSA) is 147 Å². The molecule has 276 valence electrons. The van der Waals surface area contributed by atoms with Gasteiger partial charge in [-0.1, -0.05) is 53.4 Å². The molecule has 2 heterocycles. The highest BCUT2D eigenvalue weighted by molar-refractivity contribution is 6.74. The van der Waals surface area contributed by atoms with Crippen molar-refractivity contribution in [3.8, 4) is 11.8 Å². The number of ether oxygens (including phenoxy) is 1. The molecule has 1 amide bonds. The van der Waals surface area contributed by atoms with Crippen LogP contribution in [0.3, 0.4) is 0 Å². The highest BCUT2D eigenvalue weighted by Gasteiger charge is 2.47. The van der Waals surface area contributed by atoms with E-state index in [2.05, 4.69) is 89.9 Å². The van der Waals surface area contributed by atoms with Gasteiger partial charge >= 0.3 is 17.8 Å². The Bertz CT molecular complexity index is 1670. The molecule has 17 heteroatoms. The third-order valence-electron chi connectivity index (χ3n) is 9.56. The fourth-order valence-corrected chi connectivity index (χ4v) is 6.83. The molecule has 0 radical (unpaired) electrons. The van der Waals surface area contributed by atoms with Crippen LogP contribution in [0.2, 0.25) is 36.3 Å². The van der Waals surface area contributed by atoms with E-state index >= 15 is 0 Å². The number of hydrogen-bond acceptors (Lipinski definition) is 9. The molecule has 2 N–H and O–H groups in total. The lowest BCUT2D eigenvalue weighted by Gasteiger charge is -2.40. The first kappa shape index (κ1) is 40.9. The van der Waals surface area contributed by atoms with Crippen molar-refractivity contribution in [2.75, 3.05) is 18.5 Å². The summed E-state index contributed by atoms with van der Waals surface area (Å²) in [7, 11) is -4.30. The standard InChI is InChI=1S/C33H48F3N5O7Si2/c1-31(2,3)49(7,8)46-21-26-25(48-50(9,10)32(4,5)6)19-28(47-26)40-17-15-27(39-30(40)43)38-20-23-14-13-22(18-24(23)41(44)45)12-11-16-37-29(42)33(34,35)36/h13-15,17-18,25-26,28H,16,19-21H2,1-10H3,(H,37,42)(H,38,39,43)/t25?,26-,28-/m1/s1. The molecular weight excluding hydrogens is 692 g/mol. The van der Waals surface area contributed by atoms with Crippen molar-refractivity contribution in [1.29, 1.82) is 0 Å². The lowest BCUT2D eigenvalue weighted by molar-refractivity contribution is -0.385. The number of nitrogens with one attached hydrogen (secondary N) is 2. The maximum Gasteiger partial charge on any atom is 0.471 e. The van der Waals surface area contributed by atoms with E-state index in [0.717, 1.165) is 0 Å². The monoisotopic (exact) mass is 739 g/mol. The number of nitro groups is 1. The Labute approximate surface area is 292 Å². The smallest absolute Gasteiger partial charge is 0.414 e. The molecule has 0 saturated carbocycles. The average molecular weight is 740 g/mol. The van der Waals surface area contributed by atoms with E-state index in [1.807, 2.05) is 0 Å². The number of nitrogens with zero attached hydrogens (tertiary/aromatic N) is 3. The van der Waals surface area contributed by atoms with Crippen molar-refractivity contribution in [3.63, 3.8) is 0 Å². The van der Waals surface area contributed by atoms with Crippen molar-refractivity contribution < 1.29 is 36.5 Å². The molecule has 1 saturated heterocycles. The summed E-state index contributed by atoms with van der Waals surface area (Å²) in [6, 6.07) is 5.64. The van der Waals surface area contributed by atoms with Crippen molar-refractivity contribution in [3.05, 3.63) is 62.2 Å². The third-order valence-corrected chi connectivity index (χ3v) is 18.6. The van der Waals surface area contributed by atoms with Gasteiger partial charge in [-0.2, -0.15) is 18.2 Å². The second-order valence-electron chi connectivity index (χ2n) is 15.3. The van der Waals surface area contributed by atoms with Gasteiger partial charge in [0.2, 0.25) is 0 Å². The van der Waals surface area contributed by atoms with Gasteiger partial charge in [0.25, 0.3) is 5.69 Å². The van der Waals surface area contributed by atoms with E-state index < -0.39 is 52.1 Å². The Hall–Kier alpha value is -3.57. The van der Waals surface area contributed by atoms with Gasteiger partial charge in [-0.3, -0.25) is 19.5 Å². The van der Waals surface area contributed by atoms with Crippen LogP contribution in [0.1, 0.15) is 65.3 Å². The third kappa shape index (κ3) is 10.5. The SMILES string of the molecule is CC(C)(C)[Si](C)(C)OC[C@H]1O[C@@H](n2ccc(NCc3ccc(C#CCNC(=O)C(F)(F)F)cc3[N+](=O)[O-])nc2=O)CC1O[Si](C)(C)C(C)(C)C. The van der Waals surface area contributed by atoms with E-state index in [9.17, 15) is 32.9 Å². The van der Waals surface area contributed by atoms with Crippen LogP contribution in [0.15, 0.2) is 35.3 Å². The zero-order valence-electron chi connectivity index (χ0n) is 30.3. The maximum absolute atomic E-state index is 13.3. The zero-order chi connectivity index (χ0) is 37.9. The summed E-state index contributed by atoms with van der Waals surface area (Å²) in [5, 5.41) is 16.3. The number of halogens is 3. The summed E-state index contributed by atoms with van der Waals surface area (Å²) in [4.78, 5) is 39.4. The van der Waals surface area contributed by atoms with Crippen LogP contribution in [0.4, 0.5) is 24.7 Å². The lowest BCUT2D eigenvalue weighted by atomic mass is 10.1. The number of rotatable bonds is 11. The van der Waals surface area contributed by atoms with Crippen LogP contribution >= 0.6 is 0 Å². The first-order valence-electron chi connectivity index (χ1n) is 16.2. The molecule has 1 aliphatic rings. The molecule has 50 heavy (non-hydrogen) atoms. The molecule has 1 aromatic heterocycles. The van der Waals surface area contributed by atoms with E-state index in [1.54, 1.807) is 17.6 Å². The molecular formula is C33H48F3N5O7Si2. The van der Waals surface area contributed by atoms with Gasteiger partial charge < -0.3 is 24.2 Å². The van der Waals surface area contributed by atoms with E-state index in [-0.39, 0.29) is 51.5 Å². The van der Waals surface area contributed by atoms with Gasteiger partial charge in [0, 0.05) is 36.4 Å². The number of carbonyl (C=O) groups excluding carboxylic acids is 1. The predicted octanol–water partition coefficient (Wildman–Crippen LogP) is 6.49. The van der Waals surface area contributed by atoms with Crippen molar-refractivity contribution in [2.24, 2.45) is 0 Å². The highest BCUT2D eigenvalue weighted by atomic mass is 28.4. The van der Waals surface area contributed by atoms with Crippen LogP contribution in [-0.2, 0) is 24.9 Å². The second kappa shape index (κ2) is 15.4. The summed E-state index contributed by atoms with van der Waals surface area (Å²) in [6.07, 6.45) is -4.35. The predicted molar refractivity (Wildman–Crippen MR) is 189 cm³/mol. The van der Waals surface area contributed by atoms with E-state index in [4.69, 9.17) is 13.6 Å². The molecule has 0 spiro atoms. The largest absolute Gasteiger partial charge is 0.471 e. The molecule has 0 aliphatic carbocycles. The summed E-state index contributed by atoms with van der Waals surface area (Å²) >= 11 is 0. The minimum absolute atomic E-state index is 0.00366. The number of amides is 1. The second-order valence-corrected chi connectivity index (χ2v) is 24.9. The van der Waals surface area contributed by atoms with Crippen LogP contribution in [0.5, 0.6) is 0 Å². The molecule has 1 unspecified atom stereocenters. The minimum atomic E-state index is -5.04. The quantitative estimate of drug-likeness (QED) is 0.114. The maximum atomic E-state index is 13.3. The van der Waals surface area contributed by atoms with Gasteiger partial charge in [-0.25, -0.2) is 4.79 Å². The molecule has 1 aliphatic heterocycles. The van der Waals surface area contributed by atoms with E-state index in [0.29, 0.717) is 13.0 Å². The number of benzene rings is 1.